The van der Waals surface area contributed by atoms with Gasteiger partial charge in [-0.2, -0.15) is 0 Å². The van der Waals surface area contributed by atoms with Gasteiger partial charge in [0.05, 0.1) is 6.10 Å². The third-order valence-corrected chi connectivity index (χ3v) is 3.95. The Morgan fingerprint density at radius 1 is 1.25 bits per heavy atom. The Morgan fingerprint density at radius 3 is 2.38 bits per heavy atom. The molecule has 0 aromatic heterocycles. The Hall–Kier alpha value is -0.860. The summed E-state index contributed by atoms with van der Waals surface area (Å²) in [7, 11) is 1.76. The molecule has 0 aliphatic heterocycles. The molecule has 0 heterocycles. The Morgan fingerprint density at radius 2 is 1.88 bits per heavy atom. The molecule has 2 heteroatoms. The number of ether oxygens (including phenoxy) is 1. The van der Waals surface area contributed by atoms with Crippen molar-refractivity contribution < 1.29 is 4.74 Å². The molecule has 0 spiro atoms. The second-order valence-corrected chi connectivity index (χ2v) is 4.91. The van der Waals surface area contributed by atoms with Crippen molar-refractivity contribution in [1.82, 2.24) is 0 Å². The maximum Gasteiger partial charge on any atom is 0.0795 e. The fourth-order valence-corrected chi connectivity index (χ4v) is 2.54. The van der Waals surface area contributed by atoms with Gasteiger partial charge in [-0.1, -0.05) is 24.3 Å². The normalized spacial score (nSPS) is 21.5. The summed E-state index contributed by atoms with van der Waals surface area (Å²) in [6.07, 6.45) is 2.56. The Balaban J connectivity index is 2.41. The van der Waals surface area contributed by atoms with Crippen molar-refractivity contribution in [2.75, 3.05) is 7.11 Å². The number of rotatable bonds is 4. The molecule has 0 amide bonds. The van der Waals surface area contributed by atoms with E-state index in [0.29, 0.717) is 0 Å². The highest BCUT2D eigenvalue weighted by Crippen LogP contribution is 2.52. The zero-order chi connectivity index (χ0) is 11.8. The standard InChI is InChI=1S/C14H21NO/c1-10(16-3)12-6-4-5-7-13(12)14(8-9-14)11(2)15/h4-7,10-11H,8-9,15H2,1-3H3. The molecule has 2 atom stereocenters. The van der Waals surface area contributed by atoms with Crippen LogP contribution in [0.2, 0.25) is 0 Å². The van der Waals surface area contributed by atoms with E-state index in [-0.39, 0.29) is 17.6 Å². The van der Waals surface area contributed by atoms with Gasteiger partial charge in [-0.15, -0.1) is 0 Å². The minimum atomic E-state index is 0.146. The van der Waals surface area contributed by atoms with Crippen LogP contribution < -0.4 is 5.73 Å². The number of benzene rings is 1. The molecule has 1 aromatic rings. The molecule has 1 aliphatic rings. The second-order valence-electron chi connectivity index (χ2n) is 4.91. The van der Waals surface area contributed by atoms with E-state index in [1.807, 2.05) is 0 Å². The van der Waals surface area contributed by atoms with Crippen LogP contribution in [0.4, 0.5) is 0 Å². The summed E-state index contributed by atoms with van der Waals surface area (Å²) < 4.78 is 5.44. The second kappa shape index (κ2) is 4.19. The van der Waals surface area contributed by atoms with Gasteiger partial charge in [0.15, 0.2) is 0 Å². The highest BCUT2D eigenvalue weighted by atomic mass is 16.5. The predicted molar refractivity (Wildman–Crippen MR) is 66.4 cm³/mol. The molecule has 0 saturated heterocycles. The van der Waals surface area contributed by atoms with E-state index in [2.05, 4.69) is 38.1 Å². The number of hydrogen-bond acceptors (Lipinski definition) is 2. The first-order valence-electron chi connectivity index (χ1n) is 5.99. The molecule has 1 saturated carbocycles. The van der Waals surface area contributed by atoms with Gasteiger partial charge in [-0.3, -0.25) is 0 Å². The van der Waals surface area contributed by atoms with Gasteiger partial charge in [0.2, 0.25) is 0 Å². The maximum atomic E-state index is 6.13. The fourth-order valence-electron chi connectivity index (χ4n) is 2.54. The van der Waals surface area contributed by atoms with E-state index in [1.54, 1.807) is 7.11 Å². The van der Waals surface area contributed by atoms with Crippen molar-refractivity contribution in [1.29, 1.82) is 0 Å². The Labute approximate surface area is 97.8 Å². The van der Waals surface area contributed by atoms with E-state index in [9.17, 15) is 0 Å². The molecule has 2 rings (SSSR count). The van der Waals surface area contributed by atoms with E-state index in [4.69, 9.17) is 10.5 Å². The van der Waals surface area contributed by atoms with Crippen LogP contribution in [0.5, 0.6) is 0 Å². The summed E-state index contributed by atoms with van der Waals surface area (Å²) in [6, 6.07) is 8.76. The molecule has 2 N–H and O–H groups in total. The van der Waals surface area contributed by atoms with E-state index in [0.717, 1.165) is 0 Å². The van der Waals surface area contributed by atoms with Crippen LogP contribution in [0, 0.1) is 0 Å². The first-order chi connectivity index (χ1) is 7.62. The lowest BCUT2D eigenvalue weighted by Gasteiger charge is -2.25. The van der Waals surface area contributed by atoms with Crippen molar-refractivity contribution in [3.8, 4) is 0 Å². The van der Waals surface area contributed by atoms with Crippen LogP contribution in [0.1, 0.15) is 43.9 Å². The summed E-state index contributed by atoms with van der Waals surface area (Å²) in [6.45, 7) is 4.21. The lowest BCUT2D eigenvalue weighted by molar-refractivity contribution is 0.118. The average Bonchev–Trinajstić information content (AvgIpc) is 3.09. The van der Waals surface area contributed by atoms with Crippen LogP contribution >= 0.6 is 0 Å². The third kappa shape index (κ3) is 1.76. The SMILES string of the molecule is COC(C)c1ccccc1C1(C(C)N)CC1. The van der Waals surface area contributed by atoms with Crippen LogP contribution in [0.25, 0.3) is 0 Å². The van der Waals surface area contributed by atoms with Gasteiger partial charge < -0.3 is 10.5 Å². The van der Waals surface area contributed by atoms with Gasteiger partial charge in [0.25, 0.3) is 0 Å². The smallest absolute Gasteiger partial charge is 0.0795 e. The summed E-state index contributed by atoms with van der Waals surface area (Å²) in [4.78, 5) is 0. The molecule has 1 aromatic carbocycles. The maximum absolute atomic E-state index is 6.13. The molecule has 1 fully saturated rings. The molecule has 2 nitrogen and oxygen atoms in total. The van der Waals surface area contributed by atoms with Crippen molar-refractivity contribution in [3.63, 3.8) is 0 Å². The van der Waals surface area contributed by atoms with Crippen LogP contribution in [0.15, 0.2) is 24.3 Å². The molecule has 0 radical (unpaired) electrons. The van der Waals surface area contributed by atoms with Gasteiger partial charge in [0.1, 0.15) is 0 Å². The van der Waals surface area contributed by atoms with Gasteiger partial charge >= 0.3 is 0 Å². The quantitative estimate of drug-likeness (QED) is 0.845. The minimum absolute atomic E-state index is 0.146. The van der Waals surface area contributed by atoms with Crippen LogP contribution in [-0.4, -0.2) is 13.2 Å². The van der Waals surface area contributed by atoms with Crippen LogP contribution in [-0.2, 0) is 10.2 Å². The number of nitrogens with two attached hydrogens (primary N) is 1. The molecular formula is C14H21NO. The highest BCUT2D eigenvalue weighted by Gasteiger charge is 2.48. The predicted octanol–water partition coefficient (Wildman–Crippen LogP) is 2.77. The lowest BCUT2D eigenvalue weighted by atomic mass is 9.85. The lowest BCUT2D eigenvalue weighted by Crippen LogP contribution is -2.32. The molecule has 88 valence electrons. The largest absolute Gasteiger partial charge is 0.377 e. The zero-order valence-corrected chi connectivity index (χ0v) is 10.4. The topological polar surface area (TPSA) is 35.2 Å². The third-order valence-electron chi connectivity index (χ3n) is 3.95. The van der Waals surface area contributed by atoms with Crippen LogP contribution in [0.3, 0.4) is 0 Å². The van der Waals surface area contributed by atoms with E-state index in [1.165, 1.54) is 24.0 Å². The van der Waals surface area contributed by atoms with Crippen molar-refractivity contribution >= 4 is 0 Å². The van der Waals surface area contributed by atoms with E-state index >= 15 is 0 Å². The van der Waals surface area contributed by atoms with Crippen molar-refractivity contribution in [3.05, 3.63) is 35.4 Å². The fraction of sp³-hybridized carbons (Fsp3) is 0.571. The van der Waals surface area contributed by atoms with E-state index < -0.39 is 0 Å². The summed E-state index contributed by atoms with van der Waals surface area (Å²) in [5, 5.41) is 0. The van der Waals surface area contributed by atoms with Gasteiger partial charge in [-0.25, -0.2) is 0 Å². The van der Waals surface area contributed by atoms with Gasteiger partial charge in [0, 0.05) is 18.6 Å². The molecule has 0 bridgehead atoms. The van der Waals surface area contributed by atoms with Gasteiger partial charge in [-0.05, 0) is 37.8 Å². The number of hydrogen-bond donors (Lipinski definition) is 1. The minimum Gasteiger partial charge on any atom is -0.377 e. The summed E-state index contributed by atoms with van der Waals surface area (Å²) >= 11 is 0. The molecule has 2 unspecified atom stereocenters. The first kappa shape index (κ1) is 11.6. The Bertz CT molecular complexity index is 369. The monoisotopic (exact) mass is 219 g/mol. The average molecular weight is 219 g/mol. The first-order valence-corrected chi connectivity index (χ1v) is 5.99. The summed E-state index contributed by atoms with van der Waals surface area (Å²) in [5.74, 6) is 0. The molecular weight excluding hydrogens is 198 g/mol. The highest BCUT2D eigenvalue weighted by molar-refractivity contribution is 5.41. The zero-order valence-electron chi connectivity index (χ0n) is 10.4. The van der Waals surface area contributed by atoms with Crippen molar-refractivity contribution in [2.24, 2.45) is 5.73 Å². The Kier molecular flexibility index (Phi) is 3.04. The number of methoxy groups -OCH3 is 1. The molecule has 16 heavy (non-hydrogen) atoms. The van der Waals surface area contributed by atoms with Crippen molar-refractivity contribution in [2.45, 2.75) is 44.2 Å². The summed E-state index contributed by atoms with van der Waals surface area (Å²) in [5.41, 5.74) is 9.03. The molecule has 1 aliphatic carbocycles.